The number of rotatable bonds is 47. The lowest BCUT2D eigenvalue weighted by Gasteiger charge is -2.29. The van der Waals surface area contributed by atoms with Crippen molar-refractivity contribution in [1.29, 1.82) is 0 Å². The molecule has 0 rings (SSSR count). The highest BCUT2D eigenvalue weighted by Gasteiger charge is 2.23. The molecule has 0 aliphatic rings. The zero-order valence-corrected chi connectivity index (χ0v) is 42.7. The average molecular weight is 905 g/mol. The van der Waals surface area contributed by atoms with E-state index in [0.717, 1.165) is 51.4 Å². The maximum atomic E-state index is 12.9. The van der Waals surface area contributed by atoms with Crippen LogP contribution in [-0.4, -0.2) is 68.5 Å². The van der Waals surface area contributed by atoms with Crippen LogP contribution in [-0.2, 0) is 18.4 Å². The third-order valence-corrected chi connectivity index (χ3v) is 12.4. The lowest BCUT2D eigenvalue weighted by molar-refractivity contribution is -0.870. The molecule has 3 atom stereocenters. The molecule has 0 aromatic carbocycles. The number of phosphoric ester groups is 1. The molecule has 3 unspecified atom stereocenters. The highest BCUT2D eigenvalue weighted by Crippen LogP contribution is 2.38. The quantitative estimate of drug-likeness (QED) is 0.0273. The first-order chi connectivity index (χ1) is 30.5. The maximum absolute atomic E-state index is 12.9. The Morgan fingerprint density at radius 2 is 0.937 bits per heavy atom. The van der Waals surface area contributed by atoms with E-state index in [1.807, 2.05) is 27.2 Å². The molecule has 0 aromatic heterocycles. The lowest BCUT2D eigenvalue weighted by Crippen LogP contribution is -2.45. The standard InChI is InChI=1S/C54H101N2O6P/c1-6-8-10-12-14-16-18-20-22-24-25-26-27-28-29-30-31-32-34-36-38-40-42-44-46-48-54(58)55-52(51-62-63(59,60)61-50-49-56(3,4)5)53(57)47-45-43-41-39-37-35-33-23-21-19-17-15-13-11-9-7-2/h18,20-21,23-25,37,39,45,47,52-53,57H,6-17,19,22,26-36,38,40-44,46,48-51H2,1-5H3,(H-,55,58,59,60)/b20-18-,23-21+,25-24-,39-37+,47-45+. The van der Waals surface area contributed by atoms with Crippen molar-refractivity contribution in [2.75, 3.05) is 40.9 Å². The van der Waals surface area contributed by atoms with Gasteiger partial charge in [-0.25, -0.2) is 0 Å². The van der Waals surface area contributed by atoms with E-state index in [2.05, 4.69) is 67.8 Å². The second kappa shape index (κ2) is 45.4. The number of hydrogen-bond donors (Lipinski definition) is 2. The fourth-order valence-corrected chi connectivity index (χ4v) is 8.00. The SMILES string of the molecule is CCCCCCC/C=C\C/C=C\CCCCCCCCCCCCCCCC(=O)NC(COP(=O)([O-])OCC[N+](C)(C)C)C(O)/C=C/CC/C=C/CC/C=C/CCCCCCCC. The van der Waals surface area contributed by atoms with Crippen molar-refractivity contribution < 1.29 is 32.9 Å². The second-order valence-electron chi connectivity index (χ2n) is 18.9. The zero-order chi connectivity index (χ0) is 46.4. The minimum atomic E-state index is -4.61. The number of amides is 1. The van der Waals surface area contributed by atoms with Crippen LogP contribution in [0.5, 0.6) is 0 Å². The Hall–Kier alpha value is -1.80. The highest BCUT2D eigenvalue weighted by molar-refractivity contribution is 7.45. The number of carbonyl (C=O) groups excluding carboxylic acids is 1. The molecule has 368 valence electrons. The van der Waals surface area contributed by atoms with Gasteiger partial charge in [0.2, 0.25) is 5.91 Å². The number of quaternary nitrogens is 1. The van der Waals surface area contributed by atoms with Gasteiger partial charge in [-0.2, -0.15) is 0 Å². The van der Waals surface area contributed by atoms with Gasteiger partial charge in [-0.05, 0) is 77.0 Å². The topological polar surface area (TPSA) is 108 Å². The van der Waals surface area contributed by atoms with E-state index in [0.29, 0.717) is 17.4 Å². The summed E-state index contributed by atoms with van der Waals surface area (Å²) in [5.74, 6) is -0.213. The molecule has 2 N–H and O–H groups in total. The number of carbonyl (C=O) groups is 1. The minimum Gasteiger partial charge on any atom is -0.756 e. The number of nitrogens with zero attached hydrogens (tertiary/aromatic N) is 1. The van der Waals surface area contributed by atoms with Crippen LogP contribution in [0.25, 0.3) is 0 Å². The molecule has 0 aliphatic carbocycles. The van der Waals surface area contributed by atoms with E-state index in [1.165, 1.54) is 154 Å². The monoisotopic (exact) mass is 905 g/mol. The predicted octanol–water partition coefficient (Wildman–Crippen LogP) is 14.7. The van der Waals surface area contributed by atoms with Gasteiger partial charge in [0.1, 0.15) is 13.2 Å². The molecule has 0 heterocycles. The van der Waals surface area contributed by atoms with E-state index in [-0.39, 0.29) is 12.5 Å². The molecule has 0 bridgehead atoms. The Morgan fingerprint density at radius 3 is 1.38 bits per heavy atom. The molecular formula is C54H101N2O6P. The Labute approximate surface area is 390 Å². The number of allylic oxidation sites excluding steroid dienone is 9. The van der Waals surface area contributed by atoms with Crippen LogP contribution in [0.15, 0.2) is 60.8 Å². The zero-order valence-electron chi connectivity index (χ0n) is 41.8. The number of aliphatic hydroxyl groups is 1. The molecule has 0 saturated carbocycles. The molecule has 0 saturated heterocycles. The first kappa shape index (κ1) is 61.2. The predicted molar refractivity (Wildman–Crippen MR) is 270 cm³/mol. The van der Waals surface area contributed by atoms with Crippen molar-refractivity contribution >= 4 is 13.7 Å². The van der Waals surface area contributed by atoms with Crippen LogP contribution in [0.2, 0.25) is 0 Å². The molecule has 8 nitrogen and oxygen atoms in total. The summed E-state index contributed by atoms with van der Waals surface area (Å²) < 4.78 is 23.3. The molecule has 0 aromatic rings. The third kappa shape index (κ3) is 48.0. The number of phosphoric acid groups is 1. The summed E-state index contributed by atoms with van der Waals surface area (Å²) in [6, 6.07) is -0.911. The van der Waals surface area contributed by atoms with E-state index in [1.54, 1.807) is 6.08 Å². The first-order valence-corrected chi connectivity index (χ1v) is 27.6. The van der Waals surface area contributed by atoms with Gasteiger partial charge >= 0.3 is 0 Å². The van der Waals surface area contributed by atoms with Crippen molar-refractivity contribution in [3.05, 3.63) is 60.8 Å². The van der Waals surface area contributed by atoms with Gasteiger partial charge in [0, 0.05) is 6.42 Å². The van der Waals surface area contributed by atoms with Gasteiger partial charge in [0.05, 0.1) is 39.9 Å². The Balaban J connectivity index is 4.29. The van der Waals surface area contributed by atoms with Crippen LogP contribution in [0.1, 0.15) is 226 Å². The van der Waals surface area contributed by atoms with Crippen molar-refractivity contribution in [2.45, 2.75) is 238 Å². The molecule has 0 aliphatic heterocycles. The first-order valence-electron chi connectivity index (χ1n) is 26.2. The fraction of sp³-hybridized carbons (Fsp3) is 0.796. The summed E-state index contributed by atoms with van der Waals surface area (Å²) in [5, 5.41) is 13.8. The number of hydrogen-bond acceptors (Lipinski definition) is 6. The lowest BCUT2D eigenvalue weighted by atomic mass is 10.0. The molecule has 0 fully saturated rings. The Morgan fingerprint density at radius 1 is 0.556 bits per heavy atom. The number of nitrogens with one attached hydrogen (secondary N) is 1. The molecule has 0 radical (unpaired) electrons. The number of likely N-dealkylation sites (N-methyl/N-ethyl adjacent to an activating group) is 1. The average Bonchev–Trinajstić information content (AvgIpc) is 3.24. The van der Waals surface area contributed by atoms with Crippen LogP contribution in [0.3, 0.4) is 0 Å². The summed E-state index contributed by atoms with van der Waals surface area (Å²) in [6.07, 6.45) is 60.0. The molecular weight excluding hydrogens is 804 g/mol. The number of unbranched alkanes of at least 4 members (excludes halogenated alkanes) is 26. The van der Waals surface area contributed by atoms with E-state index >= 15 is 0 Å². The van der Waals surface area contributed by atoms with Crippen LogP contribution in [0.4, 0.5) is 0 Å². The van der Waals surface area contributed by atoms with Crippen LogP contribution < -0.4 is 10.2 Å². The van der Waals surface area contributed by atoms with E-state index in [4.69, 9.17) is 9.05 Å². The van der Waals surface area contributed by atoms with Gasteiger partial charge in [0.25, 0.3) is 7.82 Å². The van der Waals surface area contributed by atoms with Gasteiger partial charge in [-0.1, -0.05) is 203 Å². The van der Waals surface area contributed by atoms with Crippen molar-refractivity contribution in [2.24, 2.45) is 0 Å². The molecule has 1 amide bonds. The van der Waals surface area contributed by atoms with Crippen LogP contribution >= 0.6 is 7.82 Å². The fourth-order valence-electron chi connectivity index (χ4n) is 7.27. The molecule has 63 heavy (non-hydrogen) atoms. The molecule has 9 heteroatoms. The Bertz CT molecular complexity index is 1210. The minimum absolute atomic E-state index is 0.0106. The second-order valence-corrected chi connectivity index (χ2v) is 20.3. The van der Waals surface area contributed by atoms with Gasteiger partial charge in [-0.3, -0.25) is 9.36 Å². The summed E-state index contributed by atoms with van der Waals surface area (Å²) in [4.78, 5) is 25.4. The Kier molecular flexibility index (Phi) is 44.1. The van der Waals surface area contributed by atoms with E-state index in [9.17, 15) is 19.4 Å². The van der Waals surface area contributed by atoms with Gasteiger partial charge in [0.15, 0.2) is 0 Å². The largest absolute Gasteiger partial charge is 0.756 e. The summed E-state index contributed by atoms with van der Waals surface area (Å²) in [5.41, 5.74) is 0. The van der Waals surface area contributed by atoms with Crippen molar-refractivity contribution in [3.8, 4) is 0 Å². The normalized spacial score (nSPS) is 14.6. The molecule has 0 spiro atoms. The highest BCUT2D eigenvalue weighted by atomic mass is 31.2. The van der Waals surface area contributed by atoms with Crippen molar-refractivity contribution in [1.82, 2.24) is 5.32 Å². The third-order valence-electron chi connectivity index (χ3n) is 11.4. The summed E-state index contributed by atoms with van der Waals surface area (Å²) in [7, 11) is 1.23. The van der Waals surface area contributed by atoms with Gasteiger partial charge < -0.3 is 28.8 Å². The van der Waals surface area contributed by atoms with E-state index < -0.39 is 26.6 Å². The maximum Gasteiger partial charge on any atom is 0.268 e. The summed E-state index contributed by atoms with van der Waals surface area (Å²) >= 11 is 0. The van der Waals surface area contributed by atoms with Crippen molar-refractivity contribution in [3.63, 3.8) is 0 Å². The van der Waals surface area contributed by atoms with Gasteiger partial charge in [-0.15, -0.1) is 0 Å². The smallest absolute Gasteiger partial charge is 0.268 e. The number of aliphatic hydroxyl groups excluding tert-OH is 1. The summed E-state index contributed by atoms with van der Waals surface area (Å²) in [6.45, 7) is 4.60. The van der Waals surface area contributed by atoms with Crippen LogP contribution in [0, 0.1) is 0 Å².